The van der Waals surface area contributed by atoms with E-state index in [0.717, 1.165) is 5.56 Å². The van der Waals surface area contributed by atoms with Crippen LogP contribution in [0.4, 0.5) is 5.69 Å². The molecule has 0 N–H and O–H groups in total. The first kappa shape index (κ1) is 19.9. The Balaban J connectivity index is 1.82. The third-order valence-corrected chi connectivity index (χ3v) is 5.44. The molecule has 2 aromatic rings. The number of carbonyl (C=O) groups is 2. The van der Waals surface area contributed by atoms with Crippen molar-refractivity contribution in [3.63, 3.8) is 0 Å². The van der Waals surface area contributed by atoms with Gasteiger partial charge < -0.3 is 19.1 Å². The highest BCUT2D eigenvalue weighted by Crippen LogP contribution is 2.48. The number of rotatable bonds is 4. The van der Waals surface area contributed by atoms with Gasteiger partial charge in [0.2, 0.25) is 0 Å². The Morgan fingerprint density at radius 2 is 2.00 bits per heavy atom. The Morgan fingerprint density at radius 1 is 1.24 bits per heavy atom. The van der Waals surface area contributed by atoms with E-state index in [9.17, 15) is 9.59 Å². The SMILES string of the molecule is COC(=O)/C=C/c1cccc2c1N(Cc1ccc(Cl)cc1Cl)C(=O)C21OCCO1. The molecule has 8 heteroatoms. The molecule has 29 heavy (non-hydrogen) atoms. The van der Waals surface area contributed by atoms with Gasteiger partial charge in [-0.15, -0.1) is 0 Å². The lowest BCUT2D eigenvalue weighted by atomic mass is 10.0. The molecule has 2 heterocycles. The normalized spacial score (nSPS) is 17.3. The molecule has 1 spiro atoms. The quantitative estimate of drug-likeness (QED) is 0.539. The number of carbonyl (C=O) groups excluding carboxylic acids is 2. The van der Waals surface area contributed by atoms with Gasteiger partial charge in [-0.05, 0) is 29.3 Å². The molecular formula is C21H17Cl2NO5. The maximum absolute atomic E-state index is 13.4. The van der Waals surface area contributed by atoms with Gasteiger partial charge >= 0.3 is 5.97 Å². The monoisotopic (exact) mass is 433 g/mol. The lowest BCUT2D eigenvalue weighted by Crippen LogP contribution is -2.41. The average Bonchev–Trinajstić information content (AvgIpc) is 3.29. The molecule has 0 bridgehead atoms. The smallest absolute Gasteiger partial charge is 0.330 e. The first-order valence-electron chi connectivity index (χ1n) is 8.89. The van der Waals surface area contributed by atoms with Gasteiger partial charge in [-0.3, -0.25) is 4.79 Å². The summed E-state index contributed by atoms with van der Waals surface area (Å²) in [7, 11) is 1.30. The third-order valence-electron chi connectivity index (χ3n) is 4.86. The molecule has 150 valence electrons. The zero-order chi connectivity index (χ0) is 20.6. The molecule has 4 rings (SSSR count). The van der Waals surface area contributed by atoms with Crippen LogP contribution in [-0.4, -0.2) is 32.2 Å². The molecule has 0 unspecified atom stereocenters. The topological polar surface area (TPSA) is 65.1 Å². The molecule has 1 fully saturated rings. The van der Waals surface area contributed by atoms with Crippen LogP contribution in [-0.2, 0) is 36.1 Å². The number of amides is 1. The summed E-state index contributed by atoms with van der Waals surface area (Å²) in [5.74, 6) is -2.32. The van der Waals surface area contributed by atoms with Gasteiger partial charge in [-0.25, -0.2) is 4.79 Å². The number of nitrogens with zero attached hydrogens (tertiary/aromatic N) is 1. The van der Waals surface area contributed by atoms with Crippen LogP contribution in [0.15, 0.2) is 42.5 Å². The van der Waals surface area contributed by atoms with E-state index in [4.69, 9.17) is 32.7 Å². The second-order valence-electron chi connectivity index (χ2n) is 6.54. The van der Waals surface area contributed by atoms with E-state index in [-0.39, 0.29) is 12.5 Å². The summed E-state index contributed by atoms with van der Waals surface area (Å²) in [4.78, 5) is 26.5. The van der Waals surface area contributed by atoms with Crippen LogP contribution in [0.1, 0.15) is 16.7 Å². The molecule has 0 saturated carbocycles. The summed E-state index contributed by atoms with van der Waals surface area (Å²) in [6, 6.07) is 10.5. The van der Waals surface area contributed by atoms with Gasteiger partial charge in [0, 0.05) is 21.7 Å². The number of benzene rings is 2. The number of hydrogen-bond acceptors (Lipinski definition) is 5. The Hall–Kier alpha value is -2.38. The van der Waals surface area contributed by atoms with Crippen molar-refractivity contribution in [1.82, 2.24) is 0 Å². The summed E-state index contributed by atoms with van der Waals surface area (Å²) >= 11 is 12.3. The molecule has 2 aliphatic rings. The summed E-state index contributed by atoms with van der Waals surface area (Å²) in [5, 5.41) is 0.955. The Bertz CT molecular complexity index is 1010. The lowest BCUT2D eigenvalue weighted by molar-refractivity contribution is -0.180. The summed E-state index contributed by atoms with van der Waals surface area (Å²) in [6.07, 6.45) is 2.90. The van der Waals surface area contributed by atoms with Crippen molar-refractivity contribution in [2.75, 3.05) is 25.2 Å². The summed E-state index contributed by atoms with van der Waals surface area (Å²) in [5.41, 5.74) is 2.57. The van der Waals surface area contributed by atoms with E-state index in [2.05, 4.69) is 4.74 Å². The number of fused-ring (bicyclic) bond motifs is 2. The minimum absolute atomic E-state index is 0.194. The van der Waals surface area contributed by atoms with Crippen molar-refractivity contribution >= 4 is 46.8 Å². The zero-order valence-corrected chi connectivity index (χ0v) is 17.0. The second kappa shape index (κ2) is 7.80. The van der Waals surface area contributed by atoms with Crippen molar-refractivity contribution in [3.8, 4) is 0 Å². The highest BCUT2D eigenvalue weighted by Gasteiger charge is 2.56. The fourth-order valence-corrected chi connectivity index (χ4v) is 4.01. The molecule has 0 radical (unpaired) electrons. The van der Waals surface area contributed by atoms with E-state index < -0.39 is 11.8 Å². The molecule has 0 atom stereocenters. The van der Waals surface area contributed by atoms with Crippen molar-refractivity contribution in [2.45, 2.75) is 12.3 Å². The van der Waals surface area contributed by atoms with Gasteiger partial charge in [0.25, 0.3) is 11.7 Å². The van der Waals surface area contributed by atoms with Crippen LogP contribution in [0.3, 0.4) is 0 Å². The van der Waals surface area contributed by atoms with E-state index in [1.807, 2.05) is 0 Å². The Morgan fingerprint density at radius 3 is 2.69 bits per heavy atom. The van der Waals surface area contributed by atoms with E-state index in [1.54, 1.807) is 47.4 Å². The predicted octanol–water partition coefficient (Wildman–Crippen LogP) is 3.93. The maximum Gasteiger partial charge on any atom is 0.330 e. The maximum atomic E-state index is 13.4. The number of esters is 1. The molecule has 2 aliphatic heterocycles. The van der Waals surface area contributed by atoms with Crippen LogP contribution < -0.4 is 4.90 Å². The van der Waals surface area contributed by atoms with Crippen LogP contribution >= 0.6 is 23.2 Å². The number of anilines is 1. The number of hydrogen-bond donors (Lipinski definition) is 0. The fourth-order valence-electron chi connectivity index (χ4n) is 3.55. The van der Waals surface area contributed by atoms with Crippen LogP contribution in [0, 0.1) is 0 Å². The largest absolute Gasteiger partial charge is 0.466 e. The molecule has 0 aromatic heterocycles. The number of para-hydroxylation sites is 1. The predicted molar refractivity (Wildman–Crippen MR) is 109 cm³/mol. The zero-order valence-electron chi connectivity index (χ0n) is 15.5. The second-order valence-corrected chi connectivity index (χ2v) is 7.38. The fraction of sp³-hybridized carbons (Fsp3) is 0.238. The van der Waals surface area contributed by atoms with Gasteiger partial charge in [-0.1, -0.05) is 47.5 Å². The van der Waals surface area contributed by atoms with Gasteiger partial charge in [0.05, 0.1) is 32.6 Å². The summed E-state index contributed by atoms with van der Waals surface area (Å²) < 4.78 is 16.2. The first-order chi connectivity index (χ1) is 14.0. The lowest BCUT2D eigenvalue weighted by Gasteiger charge is -2.22. The van der Waals surface area contributed by atoms with E-state index >= 15 is 0 Å². The number of ether oxygens (including phenoxy) is 3. The minimum Gasteiger partial charge on any atom is -0.466 e. The molecule has 1 amide bonds. The Labute approximate surface area is 177 Å². The van der Waals surface area contributed by atoms with E-state index in [0.29, 0.717) is 40.1 Å². The molecular weight excluding hydrogens is 417 g/mol. The molecule has 6 nitrogen and oxygen atoms in total. The van der Waals surface area contributed by atoms with Gasteiger partial charge in [0.1, 0.15) is 0 Å². The first-order valence-corrected chi connectivity index (χ1v) is 9.65. The van der Waals surface area contributed by atoms with Crippen molar-refractivity contribution in [2.24, 2.45) is 0 Å². The molecule has 2 aromatic carbocycles. The van der Waals surface area contributed by atoms with Crippen molar-refractivity contribution in [3.05, 3.63) is 69.2 Å². The minimum atomic E-state index is -1.48. The van der Waals surface area contributed by atoms with Gasteiger partial charge in [-0.2, -0.15) is 0 Å². The number of methoxy groups -OCH3 is 1. The average molecular weight is 434 g/mol. The van der Waals surface area contributed by atoms with Crippen LogP contribution in [0.2, 0.25) is 10.0 Å². The highest BCUT2D eigenvalue weighted by atomic mass is 35.5. The van der Waals surface area contributed by atoms with Crippen LogP contribution in [0.25, 0.3) is 6.08 Å². The molecule has 0 aliphatic carbocycles. The summed E-state index contributed by atoms with van der Waals surface area (Å²) in [6.45, 7) is 0.811. The van der Waals surface area contributed by atoms with E-state index in [1.165, 1.54) is 13.2 Å². The highest BCUT2D eigenvalue weighted by molar-refractivity contribution is 6.35. The standard InChI is InChI=1S/C21H17Cl2NO5/c1-27-18(25)8-6-13-3-2-4-16-19(13)24(20(26)21(16)28-9-10-29-21)12-14-5-7-15(22)11-17(14)23/h2-8,11H,9-10,12H2,1H3/b8-6+. The van der Waals surface area contributed by atoms with Crippen LogP contribution in [0.5, 0.6) is 0 Å². The Kier molecular flexibility index (Phi) is 5.36. The molecule has 1 saturated heterocycles. The van der Waals surface area contributed by atoms with Crippen molar-refractivity contribution < 1.29 is 23.8 Å². The van der Waals surface area contributed by atoms with Crippen molar-refractivity contribution in [1.29, 1.82) is 0 Å². The van der Waals surface area contributed by atoms with Gasteiger partial charge in [0.15, 0.2) is 0 Å². The number of halogens is 2. The third kappa shape index (κ3) is 3.42.